The summed E-state index contributed by atoms with van der Waals surface area (Å²) >= 11 is 0. The zero-order valence-corrected chi connectivity index (χ0v) is 15.4. The molecular formula is C21H25NO4. The van der Waals surface area contributed by atoms with Gasteiger partial charge in [-0.15, -0.1) is 0 Å². The molecule has 5 nitrogen and oxygen atoms in total. The lowest BCUT2D eigenvalue weighted by Crippen LogP contribution is -2.58. The second-order valence-corrected chi connectivity index (χ2v) is 7.34. The molecule has 0 bridgehead atoms. The highest BCUT2D eigenvalue weighted by molar-refractivity contribution is 5.85. The molecule has 0 spiro atoms. The van der Waals surface area contributed by atoms with Gasteiger partial charge in [-0.1, -0.05) is 60.7 Å². The van der Waals surface area contributed by atoms with Gasteiger partial charge in [0.2, 0.25) is 0 Å². The molecule has 0 radical (unpaired) electrons. The maximum absolute atomic E-state index is 12.4. The van der Waals surface area contributed by atoms with Gasteiger partial charge in [0, 0.05) is 12.8 Å². The molecule has 0 aliphatic rings. The predicted octanol–water partition coefficient (Wildman–Crippen LogP) is 3.82. The summed E-state index contributed by atoms with van der Waals surface area (Å²) < 4.78 is 5.31. The van der Waals surface area contributed by atoms with Gasteiger partial charge in [-0.25, -0.2) is 9.59 Å². The molecule has 0 aromatic heterocycles. The Morgan fingerprint density at radius 2 is 1.31 bits per heavy atom. The summed E-state index contributed by atoms with van der Waals surface area (Å²) in [5.41, 5.74) is -0.581. The van der Waals surface area contributed by atoms with E-state index in [-0.39, 0.29) is 12.8 Å². The van der Waals surface area contributed by atoms with Crippen LogP contribution in [-0.4, -0.2) is 28.3 Å². The third kappa shape index (κ3) is 5.62. The molecule has 0 aliphatic carbocycles. The number of carboxylic acids is 1. The molecule has 2 aromatic carbocycles. The van der Waals surface area contributed by atoms with Gasteiger partial charge in [0.25, 0.3) is 0 Å². The van der Waals surface area contributed by atoms with Crippen LogP contribution in [0.3, 0.4) is 0 Å². The van der Waals surface area contributed by atoms with Crippen molar-refractivity contribution in [2.45, 2.75) is 44.8 Å². The van der Waals surface area contributed by atoms with Crippen LogP contribution in [0, 0.1) is 0 Å². The van der Waals surface area contributed by atoms with Gasteiger partial charge in [0.05, 0.1) is 0 Å². The zero-order valence-electron chi connectivity index (χ0n) is 15.4. The molecule has 5 heteroatoms. The number of hydrogen-bond acceptors (Lipinski definition) is 3. The van der Waals surface area contributed by atoms with E-state index < -0.39 is 23.2 Å². The van der Waals surface area contributed by atoms with E-state index in [1.54, 1.807) is 20.8 Å². The molecule has 1 amide bonds. The minimum atomic E-state index is -1.51. The second-order valence-electron chi connectivity index (χ2n) is 7.34. The summed E-state index contributed by atoms with van der Waals surface area (Å²) in [6.07, 6.45) is -0.444. The van der Waals surface area contributed by atoms with Crippen molar-refractivity contribution in [1.82, 2.24) is 5.32 Å². The molecule has 0 saturated heterocycles. The summed E-state index contributed by atoms with van der Waals surface area (Å²) in [6, 6.07) is 18.5. The van der Waals surface area contributed by atoms with Gasteiger partial charge in [-0.2, -0.15) is 0 Å². The standard InChI is InChI=1S/C21H25NO4/c1-20(2,3)26-19(25)22-21(18(23)24,14-16-10-6-4-7-11-16)15-17-12-8-5-9-13-17/h4-13H,14-15H2,1-3H3,(H,22,25)(H,23,24). The first kappa shape index (κ1) is 19.5. The number of carboxylic acid groups (broad SMARTS) is 1. The van der Waals surface area contributed by atoms with Crippen LogP contribution in [-0.2, 0) is 22.4 Å². The number of amides is 1. The van der Waals surface area contributed by atoms with Crippen LogP contribution in [0.1, 0.15) is 31.9 Å². The van der Waals surface area contributed by atoms with Crippen molar-refractivity contribution in [2.75, 3.05) is 0 Å². The number of carbonyl (C=O) groups is 2. The molecule has 0 aliphatic heterocycles. The van der Waals surface area contributed by atoms with Crippen molar-refractivity contribution in [1.29, 1.82) is 0 Å². The average Bonchev–Trinajstić information content (AvgIpc) is 2.54. The SMILES string of the molecule is CC(C)(C)OC(=O)NC(Cc1ccccc1)(Cc1ccccc1)C(=O)O. The summed E-state index contributed by atoms with van der Waals surface area (Å²) in [5.74, 6) is -1.10. The highest BCUT2D eigenvalue weighted by atomic mass is 16.6. The Balaban J connectivity index is 2.36. The molecule has 26 heavy (non-hydrogen) atoms. The minimum absolute atomic E-state index is 0.150. The van der Waals surface area contributed by atoms with E-state index in [1.165, 1.54) is 0 Å². The number of ether oxygens (including phenoxy) is 1. The first-order valence-corrected chi connectivity index (χ1v) is 8.53. The fourth-order valence-electron chi connectivity index (χ4n) is 2.74. The maximum atomic E-state index is 12.4. The summed E-state index contributed by atoms with van der Waals surface area (Å²) in [7, 11) is 0. The van der Waals surface area contributed by atoms with Gasteiger partial charge in [-0.3, -0.25) is 0 Å². The fourth-order valence-corrected chi connectivity index (χ4v) is 2.74. The van der Waals surface area contributed by atoms with Gasteiger partial charge < -0.3 is 15.2 Å². The van der Waals surface area contributed by atoms with E-state index in [0.717, 1.165) is 11.1 Å². The smallest absolute Gasteiger partial charge is 0.408 e. The maximum Gasteiger partial charge on any atom is 0.408 e. The van der Waals surface area contributed by atoms with Crippen molar-refractivity contribution in [3.8, 4) is 0 Å². The highest BCUT2D eigenvalue weighted by Crippen LogP contribution is 2.21. The Labute approximate surface area is 154 Å². The van der Waals surface area contributed by atoms with Crippen LogP contribution in [0.5, 0.6) is 0 Å². The summed E-state index contributed by atoms with van der Waals surface area (Å²) in [4.78, 5) is 24.6. The molecule has 2 aromatic rings. The number of hydrogen-bond donors (Lipinski definition) is 2. The largest absolute Gasteiger partial charge is 0.479 e. The van der Waals surface area contributed by atoms with E-state index in [0.29, 0.717) is 0 Å². The molecule has 0 atom stereocenters. The van der Waals surface area contributed by atoms with Gasteiger partial charge in [-0.05, 0) is 31.9 Å². The Hall–Kier alpha value is -2.82. The Kier molecular flexibility index (Phi) is 6.03. The Bertz CT molecular complexity index is 694. The third-order valence-corrected chi connectivity index (χ3v) is 3.85. The van der Waals surface area contributed by atoms with Gasteiger partial charge >= 0.3 is 12.1 Å². The summed E-state index contributed by atoms with van der Waals surface area (Å²) in [5, 5.41) is 12.6. The number of rotatable bonds is 6. The molecule has 0 saturated carbocycles. The van der Waals surface area contributed by atoms with Crippen molar-refractivity contribution in [2.24, 2.45) is 0 Å². The normalized spacial score (nSPS) is 11.7. The summed E-state index contributed by atoms with van der Waals surface area (Å²) in [6.45, 7) is 5.22. The predicted molar refractivity (Wildman–Crippen MR) is 100 cm³/mol. The first-order chi connectivity index (χ1) is 12.2. The number of aliphatic carboxylic acids is 1. The Morgan fingerprint density at radius 3 is 1.65 bits per heavy atom. The highest BCUT2D eigenvalue weighted by Gasteiger charge is 2.41. The number of benzene rings is 2. The lowest BCUT2D eigenvalue weighted by molar-refractivity contribution is -0.144. The molecule has 0 heterocycles. The zero-order chi connectivity index (χ0) is 19.2. The molecular weight excluding hydrogens is 330 g/mol. The molecule has 2 rings (SSSR count). The van der Waals surface area contributed by atoms with Crippen LogP contribution in [0.25, 0.3) is 0 Å². The van der Waals surface area contributed by atoms with E-state index in [2.05, 4.69) is 5.32 Å². The van der Waals surface area contributed by atoms with Crippen molar-refractivity contribution in [3.05, 3.63) is 71.8 Å². The van der Waals surface area contributed by atoms with Crippen LogP contribution in [0.2, 0.25) is 0 Å². The first-order valence-electron chi connectivity index (χ1n) is 8.53. The van der Waals surface area contributed by atoms with Crippen molar-refractivity contribution < 1.29 is 19.4 Å². The van der Waals surface area contributed by atoms with Crippen LogP contribution in [0.15, 0.2) is 60.7 Å². The molecule has 138 valence electrons. The number of nitrogens with one attached hydrogen (secondary N) is 1. The fraction of sp³-hybridized carbons (Fsp3) is 0.333. The van der Waals surface area contributed by atoms with E-state index >= 15 is 0 Å². The lowest BCUT2D eigenvalue weighted by atomic mass is 9.84. The molecule has 0 fully saturated rings. The van der Waals surface area contributed by atoms with E-state index in [1.807, 2.05) is 60.7 Å². The van der Waals surface area contributed by atoms with Crippen molar-refractivity contribution in [3.63, 3.8) is 0 Å². The second kappa shape index (κ2) is 8.04. The van der Waals surface area contributed by atoms with Crippen LogP contribution < -0.4 is 5.32 Å². The van der Waals surface area contributed by atoms with Crippen LogP contribution >= 0.6 is 0 Å². The van der Waals surface area contributed by atoms with E-state index in [4.69, 9.17) is 4.74 Å². The minimum Gasteiger partial charge on any atom is -0.479 e. The van der Waals surface area contributed by atoms with Gasteiger partial charge in [0.15, 0.2) is 0 Å². The lowest BCUT2D eigenvalue weighted by Gasteiger charge is -2.32. The third-order valence-electron chi connectivity index (χ3n) is 3.85. The van der Waals surface area contributed by atoms with E-state index in [9.17, 15) is 14.7 Å². The molecule has 0 unspecified atom stereocenters. The number of carbonyl (C=O) groups excluding carboxylic acids is 1. The van der Waals surface area contributed by atoms with Crippen LogP contribution in [0.4, 0.5) is 4.79 Å². The monoisotopic (exact) mass is 355 g/mol. The quantitative estimate of drug-likeness (QED) is 0.826. The Morgan fingerprint density at radius 1 is 0.885 bits per heavy atom. The van der Waals surface area contributed by atoms with Crippen molar-refractivity contribution >= 4 is 12.1 Å². The molecule has 2 N–H and O–H groups in total. The average molecular weight is 355 g/mol. The number of alkyl carbamates (subject to hydrolysis) is 1. The van der Waals surface area contributed by atoms with Gasteiger partial charge in [0.1, 0.15) is 11.1 Å². The topological polar surface area (TPSA) is 75.6 Å².